The van der Waals surface area contributed by atoms with Gasteiger partial charge in [-0.15, -0.1) is 0 Å². The van der Waals surface area contributed by atoms with E-state index < -0.39 is 0 Å². The van der Waals surface area contributed by atoms with Crippen molar-refractivity contribution < 1.29 is 18.8 Å². The molecule has 0 radical (unpaired) electrons. The number of methoxy groups -OCH3 is 2. The van der Waals surface area contributed by atoms with Crippen molar-refractivity contribution in [1.82, 2.24) is 29.6 Å². The second kappa shape index (κ2) is 8.93. The smallest absolute Gasteiger partial charge is 0.278 e. The van der Waals surface area contributed by atoms with Crippen molar-refractivity contribution in [2.45, 2.75) is 46.3 Å². The molecule has 0 bridgehead atoms. The van der Waals surface area contributed by atoms with Crippen LogP contribution in [0.4, 0.5) is 0 Å². The lowest BCUT2D eigenvalue weighted by Gasteiger charge is -2.13. The lowest BCUT2D eigenvalue weighted by atomic mass is 10.2. The highest BCUT2D eigenvalue weighted by atomic mass is 16.5. The van der Waals surface area contributed by atoms with Crippen molar-refractivity contribution >= 4 is 27.8 Å². The molecule has 11 heteroatoms. The third-order valence-corrected chi connectivity index (χ3v) is 5.53. The Morgan fingerprint density at radius 2 is 1.97 bits per heavy atom. The van der Waals surface area contributed by atoms with Crippen LogP contribution >= 0.6 is 0 Å². The van der Waals surface area contributed by atoms with Gasteiger partial charge in [-0.25, -0.2) is 4.98 Å². The Balaban J connectivity index is 1.92. The van der Waals surface area contributed by atoms with Gasteiger partial charge in [0.2, 0.25) is 11.8 Å². The number of aromatic nitrogens is 5. The summed E-state index contributed by atoms with van der Waals surface area (Å²) in [6.07, 6.45) is 2.23. The monoisotopic (exact) mass is 454 g/mol. The van der Waals surface area contributed by atoms with Gasteiger partial charge in [-0.3, -0.25) is 14.2 Å². The molecule has 1 amide bonds. The molecular weight excluding hydrogens is 428 g/mol. The summed E-state index contributed by atoms with van der Waals surface area (Å²) in [5, 5.41) is 7.39. The number of rotatable bonds is 8. The zero-order valence-corrected chi connectivity index (χ0v) is 19.2. The summed E-state index contributed by atoms with van der Waals surface area (Å²) >= 11 is 0. The van der Waals surface area contributed by atoms with Gasteiger partial charge in [-0.05, 0) is 26.3 Å². The first-order chi connectivity index (χ1) is 15.9. The van der Waals surface area contributed by atoms with Crippen LogP contribution in [-0.2, 0) is 17.9 Å². The normalized spacial score (nSPS) is 12.3. The van der Waals surface area contributed by atoms with Crippen molar-refractivity contribution in [3.05, 3.63) is 40.5 Å². The van der Waals surface area contributed by atoms with E-state index >= 15 is 0 Å². The van der Waals surface area contributed by atoms with E-state index in [9.17, 15) is 9.59 Å². The van der Waals surface area contributed by atoms with Gasteiger partial charge in [-0.1, -0.05) is 12.1 Å². The molecule has 0 saturated heterocycles. The van der Waals surface area contributed by atoms with E-state index in [1.165, 1.54) is 25.1 Å². The number of nitrogens with one attached hydrogen (secondary N) is 1. The topological polar surface area (TPSA) is 126 Å². The Hall–Kier alpha value is -3.89. The second-order valence-electron chi connectivity index (χ2n) is 7.80. The van der Waals surface area contributed by atoms with Crippen LogP contribution in [-0.4, -0.2) is 50.4 Å². The molecule has 1 aromatic carbocycles. The van der Waals surface area contributed by atoms with Crippen molar-refractivity contribution in [2.75, 3.05) is 14.2 Å². The summed E-state index contributed by atoms with van der Waals surface area (Å²) in [6, 6.07) is 3.52. The highest BCUT2D eigenvalue weighted by Crippen LogP contribution is 2.36. The molecule has 0 spiro atoms. The molecule has 174 valence electrons. The Bertz CT molecular complexity index is 1390. The largest absolute Gasteiger partial charge is 0.493 e. The molecule has 33 heavy (non-hydrogen) atoms. The number of carbonyl (C=O) groups is 1. The average Bonchev–Trinajstić information content (AvgIpc) is 3.35. The lowest BCUT2D eigenvalue weighted by molar-refractivity contribution is -0.122. The number of amides is 1. The van der Waals surface area contributed by atoms with E-state index in [0.717, 1.165) is 6.42 Å². The minimum Gasteiger partial charge on any atom is -0.493 e. The van der Waals surface area contributed by atoms with Crippen LogP contribution in [0.5, 0.6) is 11.5 Å². The fourth-order valence-corrected chi connectivity index (χ4v) is 3.71. The number of aryl methyl sites for hydroxylation is 1. The fourth-order valence-electron chi connectivity index (χ4n) is 3.71. The maximum atomic E-state index is 13.5. The van der Waals surface area contributed by atoms with Crippen LogP contribution in [0.1, 0.15) is 32.0 Å². The molecule has 1 N–H and O–H groups in total. The average molecular weight is 454 g/mol. The highest BCUT2D eigenvalue weighted by Gasteiger charge is 2.22. The number of ether oxygens (including phenoxy) is 2. The summed E-state index contributed by atoms with van der Waals surface area (Å²) < 4.78 is 19.1. The predicted octanol–water partition coefficient (Wildman–Crippen LogP) is 2.02. The number of carbonyl (C=O) groups excluding carboxylic acids is 1. The third-order valence-electron chi connectivity index (χ3n) is 5.53. The SMILES string of the molecule is CC[C@@H](C)NC(=O)Cn1c2cc(OC)c(OC)cc2c2ncn(Cc3nc(C)no3)c(=O)c21. The highest BCUT2D eigenvalue weighted by molar-refractivity contribution is 6.07. The van der Waals surface area contributed by atoms with Gasteiger partial charge in [0.05, 0.1) is 26.1 Å². The van der Waals surface area contributed by atoms with Crippen LogP contribution in [0.3, 0.4) is 0 Å². The Morgan fingerprint density at radius 3 is 2.61 bits per heavy atom. The molecular formula is C22H26N6O5. The summed E-state index contributed by atoms with van der Waals surface area (Å²) in [6.45, 7) is 5.63. The van der Waals surface area contributed by atoms with Gasteiger partial charge in [-0.2, -0.15) is 4.98 Å². The number of hydrogen-bond donors (Lipinski definition) is 1. The molecule has 4 rings (SSSR count). The van der Waals surface area contributed by atoms with Gasteiger partial charge in [0.15, 0.2) is 17.3 Å². The van der Waals surface area contributed by atoms with Crippen LogP contribution < -0.4 is 20.3 Å². The minimum absolute atomic E-state index is 0.00997. The van der Waals surface area contributed by atoms with Gasteiger partial charge in [0, 0.05) is 17.5 Å². The maximum Gasteiger partial charge on any atom is 0.278 e. The molecule has 1 atom stereocenters. The number of nitrogens with zero attached hydrogens (tertiary/aromatic N) is 5. The lowest BCUT2D eigenvalue weighted by Crippen LogP contribution is -2.35. The molecule has 11 nitrogen and oxygen atoms in total. The zero-order valence-electron chi connectivity index (χ0n) is 19.2. The first-order valence-corrected chi connectivity index (χ1v) is 10.6. The van der Waals surface area contributed by atoms with Gasteiger partial charge < -0.3 is 23.9 Å². The molecule has 0 aliphatic rings. The van der Waals surface area contributed by atoms with Crippen molar-refractivity contribution in [3.8, 4) is 11.5 Å². The summed E-state index contributed by atoms with van der Waals surface area (Å²) in [7, 11) is 3.07. The predicted molar refractivity (Wildman–Crippen MR) is 121 cm³/mol. The molecule has 0 aliphatic carbocycles. The first kappa shape index (κ1) is 22.3. The van der Waals surface area contributed by atoms with Gasteiger partial charge in [0.1, 0.15) is 24.1 Å². The van der Waals surface area contributed by atoms with E-state index in [2.05, 4.69) is 20.4 Å². The second-order valence-corrected chi connectivity index (χ2v) is 7.80. The van der Waals surface area contributed by atoms with Crippen molar-refractivity contribution in [1.29, 1.82) is 0 Å². The van der Waals surface area contributed by atoms with E-state index in [-0.39, 0.29) is 36.5 Å². The maximum absolute atomic E-state index is 13.5. The minimum atomic E-state index is -0.332. The Labute approximate surface area is 189 Å². The van der Waals surface area contributed by atoms with Gasteiger partial charge in [0.25, 0.3) is 5.56 Å². The van der Waals surface area contributed by atoms with Crippen LogP contribution in [0.25, 0.3) is 21.9 Å². The van der Waals surface area contributed by atoms with E-state index in [1.807, 2.05) is 13.8 Å². The van der Waals surface area contributed by atoms with E-state index in [0.29, 0.717) is 39.3 Å². The van der Waals surface area contributed by atoms with Crippen molar-refractivity contribution in [2.24, 2.45) is 0 Å². The molecule has 3 heterocycles. The summed E-state index contributed by atoms with van der Waals surface area (Å²) in [5.74, 6) is 1.54. The number of fused-ring (bicyclic) bond motifs is 3. The molecule has 0 aliphatic heterocycles. The molecule has 3 aromatic heterocycles. The molecule has 0 saturated carbocycles. The summed E-state index contributed by atoms with van der Waals surface area (Å²) in [5.41, 5.74) is 1.06. The fraction of sp³-hybridized carbons (Fsp3) is 0.409. The summed E-state index contributed by atoms with van der Waals surface area (Å²) in [4.78, 5) is 35.0. The third kappa shape index (κ3) is 4.13. The quantitative estimate of drug-likeness (QED) is 0.429. The van der Waals surface area contributed by atoms with Crippen LogP contribution in [0.2, 0.25) is 0 Å². The van der Waals surface area contributed by atoms with Gasteiger partial charge >= 0.3 is 0 Å². The molecule has 0 fully saturated rings. The number of hydrogen-bond acceptors (Lipinski definition) is 8. The van der Waals surface area contributed by atoms with Crippen LogP contribution in [0, 0.1) is 6.92 Å². The van der Waals surface area contributed by atoms with E-state index in [4.69, 9.17) is 14.0 Å². The molecule has 4 aromatic rings. The van der Waals surface area contributed by atoms with Crippen LogP contribution in [0.15, 0.2) is 27.8 Å². The molecule has 0 unspecified atom stereocenters. The standard InChI is InChI=1S/C22H26N6O5/c1-6-12(2)24-18(29)9-28-15-8-17(32-5)16(31-4)7-14(15)20-21(28)22(30)27(11-23-20)10-19-25-13(3)26-33-19/h7-8,11-12H,6,9-10H2,1-5H3,(H,24,29)/t12-/m1/s1. The first-order valence-electron chi connectivity index (χ1n) is 10.6. The zero-order chi connectivity index (χ0) is 23.7. The van der Waals surface area contributed by atoms with E-state index in [1.54, 1.807) is 23.6 Å². The Kier molecular flexibility index (Phi) is 6.03. The van der Waals surface area contributed by atoms with Crippen molar-refractivity contribution in [3.63, 3.8) is 0 Å². The number of benzene rings is 1. The Morgan fingerprint density at radius 1 is 1.24 bits per heavy atom.